The molecule has 2 aromatic carbocycles. The molecule has 3 rings (SSSR count). The maximum absolute atomic E-state index is 11.9. The van der Waals surface area contributed by atoms with Crippen LogP contribution in [0, 0.1) is 0 Å². The summed E-state index contributed by atoms with van der Waals surface area (Å²) in [6.45, 7) is 0.298. The molecule has 1 heterocycles. The minimum atomic E-state index is -0.227. The molecule has 0 saturated heterocycles. The zero-order valence-corrected chi connectivity index (χ0v) is 13.6. The van der Waals surface area contributed by atoms with Gasteiger partial charge in [0.1, 0.15) is 5.75 Å². The highest BCUT2D eigenvalue weighted by Crippen LogP contribution is 2.27. The summed E-state index contributed by atoms with van der Waals surface area (Å²) in [6.07, 6.45) is 0. The van der Waals surface area contributed by atoms with E-state index in [2.05, 4.69) is 10.3 Å². The van der Waals surface area contributed by atoms with Crippen molar-refractivity contribution in [3.63, 3.8) is 0 Å². The molecular formula is C17H14Cl2N2O2. The molecule has 2 N–H and O–H groups in total. The number of rotatable bonds is 5. The van der Waals surface area contributed by atoms with Gasteiger partial charge in [0, 0.05) is 16.2 Å². The molecule has 4 nitrogen and oxygen atoms in total. The van der Waals surface area contributed by atoms with Crippen molar-refractivity contribution in [1.29, 1.82) is 0 Å². The maximum atomic E-state index is 11.9. The maximum Gasteiger partial charge on any atom is 0.258 e. The van der Waals surface area contributed by atoms with Gasteiger partial charge in [0.15, 0.2) is 6.61 Å². The minimum absolute atomic E-state index is 0.110. The first-order chi connectivity index (χ1) is 11.1. The second-order valence-electron chi connectivity index (χ2n) is 5.02. The Hall–Kier alpha value is -2.17. The Balaban J connectivity index is 1.53. The van der Waals surface area contributed by atoms with E-state index in [0.717, 1.165) is 16.6 Å². The van der Waals surface area contributed by atoms with Crippen LogP contribution in [0.15, 0.2) is 48.5 Å². The fourth-order valence-electron chi connectivity index (χ4n) is 2.21. The molecule has 0 spiro atoms. The summed E-state index contributed by atoms with van der Waals surface area (Å²) in [6, 6.07) is 14.8. The average molecular weight is 349 g/mol. The third-order valence-electron chi connectivity index (χ3n) is 3.31. The highest BCUT2D eigenvalue weighted by atomic mass is 35.5. The van der Waals surface area contributed by atoms with Crippen molar-refractivity contribution in [2.24, 2.45) is 0 Å². The minimum Gasteiger partial charge on any atom is -0.482 e. The first-order valence-corrected chi connectivity index (χ1v) is 7.78. The van der Waals surface area contributed by atoms with Crippen molar-refractivity contribution in [3.8, 4) is 5.75 Å². The van der Waals surface area contributed by atoms with Gasteiger partial charge < -0.3 is 15.0 Å². The van der Waals surface area contributed by atoms with E-state index in [-0.39, 0.29) is 12.5 Å². The summed E-state index contributed by atoms with van der Waals surface area (Å²) in [4.78, 5) is 15.1. The van der Waals surface area contributed by atoms with Gasteiger partial charge in [0.25, 0.3) is 5.91 Å². The highest BCUT2D eigenvalue weighted by molar-refractivity contribution is 6.35. The molecule has 0 bridgehead atoms. The van der Waals surface area contributed by atoms with Crippen LogP contribution in [0.25, 0.3) is 10.9 Å². The van der Waals surface area contributed by atoms with Crippen LogP contribution in [0.4, 0.5) is 0 Å². The van der Waals surface area contributed by atoms with E-state index in [1.807, 2.05) is 30.3 Å². The predicted molar refractivity (Wildman–Crippen MR) is 92.1 cm³/mol. The molecule has 0 saturated carbocycles. The normalized spacial score (nSPS) is 10.7. The fraction of sp³-hybridized carbons (Fsp3) is 0.118. The fourth-order valence-corrected chi connectivity index (χ4v) is 2.67. The van der Waals surface area contributed by atoms with Crippen molar-refractivity contribution < 1.29 is 9.53 Å². The number of hydrogen-bond donors (Lipinski definition) is 2. The number of aromatic nitrogens is 1. The molecule has 0 unspecified atom stereocenters. The van der Waals surface area contributed by atoms with Gasteiger partial charge in [-0.1, -0.05) is 41.4 Å². The Morgan fingerprint density at radius 2 is 1.96 bits per heavy atom. The van der Waals surface area contributed by atoms with Gasteiger partial charge in [0.2, 0.25) is 0 Å². The number of nitrogens with one attached hydrogen (secondary N) is 2. The number of hydrogen-bond acceptors (Lipinski definition) is 2. The molecule has 0 atom stereocenters. The lowest BCUT2D eigenvalue weighted by molar-refractivity contribution is -0.123. The van der Waals surface area contributed by atoms with Crippen LogP contribution in [-0.2, 0) is 11.3 Å². The number of ether oxygens (including phenoxy) is 1. The Morgan fingerprint density at radius 3 is 2.74 bits per heavy atom. The van der Waals surface area contributed by atoms with Crippen molar-refractivity contribution in [2.45, 2.75) is 6.54 Å². The molecule has 118 valence electrons. The van der Waals surface area contributed by atoms with E-state index in [1.54, 1.807) is 18.2 Å². The van der Waals surface area contributed by atoms with Gasteiger partial charge in [-0.05, 0) is 35.7 Å². The first kappa shape index (κ1) is 15.7. The highest BCUT2D eigenvalue weighted by Gasteiger charge is 2.07. The van der Waals surface area contributed by atoms with Crippen LogP contribution in [0.5, 0.6) is 5.75 Å². The molecule has 6 heteroatoms. The number of benzene rings is 2. The first-order valence-electron chi connectivity index (χ1n) is 7.03. The Bertz CT molecular complexity index is 812. The number of aromatic amines is 1. The van der Waals surface area contributed by atoms with Gasteiger partial charge in [-0.15, -0.1) is 0 Å². The molecule has 0 radical (unpaired) electrons. The molecule has 1 amide bonds. The van der Waals surface area contributed by atoms with Crippen LogP contribution in [0.3, 0.4) is 0 Å². The van der Waals surface area contributed by atoms with Crippen LogP contribution >= 0.6 is 23.2 Å². The van der Waals surface area contributed by atoms with Crippen LogP contribution in [0.2, 0.25) is 10.0 Å². The second kappa shape index (κ2) is 6.94. The number of carbonyl (C=O) groups excluding carboxylic acids is 1. The Morgan fingerprint density at radius 1 is 1.13 bits per heavy atom. The second-order valence-corrected chi connectivity index (χ2v) is 5.87. The average Bonchev–Trinajstić information content (AvgIpc) is 2.95. The lowest BCUT2D eigenvalue weighted by atomic mass is 10.2. The van der Waals surface area contributed by atoms with E-state index in [0.29, 0.717) is 22.3 Å². The number of para-hydroxylation sites is 1. The number of amides is 1. The summed E-state index contributed by atoms with van der Waals surface area (Å²) >= 11 is 11.8. The molecular weight excluding hydrogens is 335 g/mol. The van der Waals surface area contributed by atoms with Crippen molar-refractivity contribution >= 4 is 40.0 Å². The van der Waals surface area contributed by atoms with E-state index < -0.39 is 0 Å². The van der Waals surface area contributed by atoms with E-state index >= 15 is 0 Å². The monoisotopic (exact) mass is 348 g/mol. The molecule has 0 aliphatic rings. The van der Waals surface area contributed by atoms with Crippen LogP contribution in [0.1, 0.15) is 5.69 Å². The summed E-state index contributed by atoms with van der Waals surface area (Å²) in [5, 5.41) is 4.80. The van der Waals surface area contributed by atoms with Gasteiger partial charge in [-0.2, -0.15) is 0 Å². The van der Waals surface area contributed by atoms with Gasteiger partial charge in [-0.25, -0.2) is 0 Å². The summed E-state index contributed by atoms with van der Waals surface area (Å²) in [7, 11) is 0. The molecule has 23 heavy (non-hydrogen) atoms. The molecule has 0 aliphatic carbocycles. The van der Waals surface area contributed by atoms with Crippen molar-refractivity contribution in [1.82, 2.24) is 10.3 Å². The van der Waals surface area contributed by atoms with E-state index in [1.165, 1.54) is 0 Å². The van der Waals surface area contributed by atoms with Gasteiger partial charge in [-0.3, -0.25) is 4.79 Å². The third kappa shape index (κ3) is 3.97. The molecule has 0 fully saturated rings. The largest absolute Gasteiger partial charge is 0.482 e. The zero-order valence-electron chi connectivity index (χ0n) is 12.1. The third-order valence-corrected chi connectivity index (χ3v) is 3.84. The SMILES string of the molecule is O=C(COc1ccc(Cl)cc1Cl)NCc1cc2ccccc2[nH]1. The van der Waals surface area contributed by atoms with Crippen molar-refractivity contribution in [2.75, 3.05) is 6.61 Å². The van der Waals surface area contributed by atoms with E-state index in [9.17, 15) is 4.79 Å². The summed E-state index contributed by atoms with van der Waals surface area (Å²) in [5.41, 5.74) is 1.98. The lowest BCUT2D eigenvalue weighted by Gasteiger charge is -2.08. The van der Waals surface area contributed by atoms with Crippen molar-refractivity contribution in [3.05, 3.63) is 64.3 Å². The lowest BCUT2D eigenvalue weighted by Crippen LogP contribution is -2.28. The topological polar surface area (TPSA) is 54.1 Å². The Labute approximate surface area is 143 Å². The van der Waals surface area contributed by atoms with Gasteiger partial charge in [0.05, 0.1) is 11.6 Å². The van der Waals surface area contributed by atoms with Crippen LogP contribution < -0.4 is 10.1 Å². The molecule has 0 aliphatic heterocycles. The summed E-state index contributed by atoms with van der Waals surface area (Å²) < 4.78 is 5.39. The predicted octanol–water partition coefficient (Wildman–Crippen LogP) is 4.17. The number of fused-ring (bicyclic) bond motifs is 1. The zero-order chi connectivity index (χ0) is 16.2. The van der Waals surface area contributed by atoms with Gasteiger partial charge >= 0.3 is 0 Å². The van der Waals surface area contributed by atoms with Crippen LogP contribution in [-0.4, -0.2) is 17.5 Å². The quantitative estimate of drug-likeness (QED) is 0.726. The van der Waals surface area contributed by atoms with E-state index in [4.69, 9.17) is 27.9 Å². The number of halogens is 2. The molecule has 3 aromatic rings. The molecule has 1 aromatic heterocycles. The smallest absolute Gasteiger partial charge is 0.258 e. The number of H-pyrrole nitrogens is 1. The Kier molecular flexibility index (Phi) is 4.74. The number of carbonyl (C=O) groups is 1. The summed E-state index contributed by atoms with van der Waals surface area (Å²) in [5.74, 6) is 0.200. The standard InChI is InChI=1S/C17H14Cl2N2O2/c18-12-5-6-16(14(19)8-12)23-10-17(22)20-9-13-7-11-3-1-2-4-15(11)21-13/h1-8,21H,9-10H2,(H,20,22).